The molecule has 0 amide bonds. The lowest BCUT2D eigenvalue weighted by atomic mass is 10.3. The maximum absolute atomic E-state index is 9.53. The Morgan fingerprint density at radius 2 is 2.56 bits per heavy atom. The Labute approximate surface area is 55.5 Å². The average Bonchev–Trinajstić information content (AvgIpc) is 2.33. The minimum atomic E-state index is -0.240. The molecule has 9 heavy (non-hydrogen) atoms. The lowest BCUT2D eigenvalue weighted by molar-refractivity contribution is 0.130. The van der Waals surface area contributed by atoms with Crippen LogP contribution < -0.4 is 0 Å². The van der Waals surface area contributed by atoms with Crippen LogP contribution in [0.1, 0.15) is 13.3 Å². The largest absolute Gasteiger partial charge is 0.388 e. The van der Waals surface area contributed by atoms with Gasteiger partial charge in [-0.15, -0.1) is 0 Å². The third-order valence-electron chi connectivity index (χ3n) is 2.62. The molecule has 0 bridgehead atoms. The Bertz CT molecular complexity index is 137. The van der Waals surface area contributed by atoms with Gasteiger partial charge >= 0.3 is 0 Å². The fourth-order valence-corrected chi connectivity index (χ4v) is 1.80. The highest BCUT2D eigenvalue weighted by molar-refractivity contribution is 5.11. The van der Waals surface area contributed by atoms with Gasteiger partial charge in [-0.1, -0.05) is 6.92 Å². The predicted octanol–water partition coefficient (Wildman–Crippen LogP) is 0.0729. The molecule has 0 radical (unpaired) electrons. The third kappa shape index (κ3) is 0.700. The lowest BCUT2D eigenvalue weighted by Gasteiger charge is -2.14. The summed E-state index contributed by atoms with van der Waals surface area (Å²) in [5, 5.41) is 9.53. The maximum atomic E-state index is 9.53. The van der Waals surface area contributed by atoms with Crippen molar-refractivity contribution in [3.63, 3.8) is 0 Å². The summed E-state index contributed by atoms with van der Waals surface area (Å²) in [6.07, 6.45) is 1.06. The minimum Gasteiger partial charge on any atom is -0.388 e. The first kappa shape index (κ1) is 5.69. The smallest absolute Gasteiger partial charge is 0.0819 e. The van der Waals surface area contributed by atoms with Crippen molar-refractivity contribution in [3.8, 4) is 0 Å². The van der Waals surface area contributed by atoms with Crippen molar-refractivity contribution < 1.29 is 5.11 Å². The van der Waals surface area contributed by atoms with Gasteiger partial charge in [-0.05, 0) is 13.0 Å². The summed E-state index contributed by atoms with van der Waals surface area (Å²) < 4.78 is 0. The summed E-state index contributed by atoms with van der Waals surface area (Å²) >= 11 is 0. The van der Waals surface area contributed by atoms with Crippen LogP contribution in [0.15, 0.2) is 0 Å². The number of fused-ring (bicyclic) bond motifs is 1. The van der Waals surface area contributed by atoms with Crippen molar-refractivity contribution in [2.24, 2.45) is 5.92 Å². The number of rotatable bonds is 1. The van der Waals surface area contributed by atoms with Gasteiger partial charge in [0.1, 0.15) is 0 Å². The predicted molar refractivity (Wildman–Crippen MR) is 35.2 cm³/mol. The molecule has 0 aromatic heterocycles. The highest BCUT2D eigenvalue weighted by Crippen LogP contribution is 2.48. The number of aliphatic hydroxyl groups is 1. The molecule has 1 saturated carbocycles. The van der Waals surface area contributed by atoms with E-state index in [-0.39, 0.29) is 5.60 Å². The van der Waals surface area contributed by atoms with Gasteiger partial charge in [0.2, 0.25) is 0 Å². The van der Waals surface area contributed by atoms with Crippen molar-refractivity contribution >= 4 is 0 Å². The Kier molecular flexibility index (Phi) is 0.945. The number of likely N-dealkylation sites (N-methyl/N-ethyl adjacent to an activating group) is 1. The summed E-state index contributed by atoms with van der Waals surface area (Å²) in [6, 6.07) is 0. The first-order chi connectivity index (χ1) is 4.24. The zero-order valence-electron chi connectivity index (χ0n) is 5.80. The maximum Gasteiger partial charge on any atom is 0.0819 e. The lowest BCUT2D eigenvalue weighted by Crippen LogP contribution is -2.26. The molecule has 0 aromatic carbocycles. The van der Waals surface area contributed by atoms with E-state index in [0.29, 0.717) is 5.92 Å². The quantitative estimate of drug-likeness (QED) is 0.539. The van der Waals surface area contributed by atoms with E-state index in [4.69, 9.17) is 0 Å². The number of piperidine rings is 1. The Balaban J connectivity index is 1.98. The summed E-state index contributed by atoms with van der Waals surface area (Å²) in [4.78, 5) is 2.31. The van der Waals surface area contributed by atoms with Crippen molar-refractivity contribution in [1.82, 2.24) is 4.90 Å². The van der Waals surface area contributed by atoms with Crippen molar-refractivity contribution in [3.05, 3.63) is 0 Å². The van der Waals surface area contributed by atoms with E-state index in [0.717, 1.165) is 26.1 Å². The first-order valence-corrected chi connectivity index (χ1v) is 3.69. The van der Waals surface area contributed by atoms with E-state index in [1.807, 2.05) is 0 Å². The second-order valence-electron chi connectivity index (χ2n) is 3.33. The molecule has 1 N–H and O–H groups in total. The molecule has 1 heterocycles. The molecular formula is C7H13NO. The van der Waals surface area contributed by atoms with Crippen molar-refractivity contribution in [2.45, 2.75) is 18.9 Å². The topological polar surface area (TPSA) is 23.5 Å². The Morgan fingerprint density at radius 3 is 2.89 bits per heavy atom. The molecule has 1 saturated heterocycles. The van der Waals surface area contributed by atoms with Crippen LogP contribution in [0.3, 0.4) is 0 Å². The fraction of sp³-hybridized carbons (Fsp3) is 1.00. The van der Waals surface area contributed by atoms with Crippen LogP contribution >= 0.6 is 0 Å². The zero-order valence-corrected chi connectivity index (χ0v) is 5.80. The molecule has 0 spiro atoms. The molecule has 2 fully saturated rings. The molecule has 1 aliphatic carbocycles. The van der Waals surface area contributed by atoms with E-state index in [1.165, 1.54) is 0 Å². The van der Waals surface area contributed by atoms with E-state index >= 15 is 0 Å². The van der Waals surface area contributed by atoms with Crippen LogP contribution in [0.5, 0.6) is 0 Å². The standard InChI is InChI=1S/C7H13NO/c1-2-8-4-6-3-7(6,9)5-8/h6,9H,2-5H2,1H3. The molecule has 2 unspecified atom stereocenters. The van der Waals surface area contributed by atoms with Gasteiger partial charge < -0.3 is 10.0 Å². The average molecular weight is 127 g/mol. The van der Waals surface area contributed by atoms with Crippen molar-refractivity contribution in [1.29, 1.82) is 0 Å². The second kappa shape index (κ2) is 1.50. The first-order valence-electron chi connectivity index (χ1n) is 3.69. The normalized spacial score (nSPS) is 49.3. The van der Waals surface area contributed by atoms with Gasteiger partial charge in [-0.3, -0.25) is 0 Å². The van der Waals surface area contributed by atoms with Crippen LogP contribution in [0.4, 0.5) is 0 Å². The molecular weight excluding hydrogens is 114 g/mol. The fourth-order valence-electron chi connectivity index (χ4n) is 1.80. The molecule has 52 valence electrons. The summed E-state index contributed by atoms with van der Waals surface area (Å²) in [6.45, 7) is 5.30. The van der Waals surface area contributed by atoms with E-state index < -0.39 is 0 Å². The van der Waals surface area contributed by atoms with E-state index in [2.05, 4.69) is 11.8 Å². The highest BCUT2D eigenvalue weighted by atomic mass is 16.3. The summed E-state index contributed by atoms with van der Waals surface area (Å²) in [7, 11) is 0. The molecule has 2 aliphatic rings. The number of β-amino-alcohol motifs (C(OH)–C–C–N with tert-alkyl or cyclic N) is 1. The van der Waals surface area contributed by atoms with Gasteiger partial charge in [-0.25, -0.2) is 0 Å². The van der Waals surface area contributed by atoms with Crippen LogP contribution in [-0.4, -0.2) is 35.2 Å². The molecule has 2 rings (SSSR count). The Morgan fingerprint density at radius 1 is 1.78 bits per heavy atom. The van der Waals surface area contributed by atoms with Gasteiger partial charge in [0.15, 0.2) is 0 Å². The molecule has 2 nitrogen and oxygen atoms in total. The second-order valence-corrected chi connectivity index (χ2v) is 3.33. The molecule has 1 aliphatic heterocycles. The number of likely N-dealkylation sites (tertiary alicyclic amines) is 1. The number of hydrogen-bond acceptors (Lipinski definition) is 2. The molecule has 0 aromatic rings. The van der Waals surface area contributed by atoms with Crippen LogP contribution in [0, 0.1) is 5.92 Å². The van der Waals surface area contributed by atoms with Crippen molar-refractivity contribution in [2.75, 3.05) is 19.6 Å². The molecule has 2 atom stereocenters. The summed E-state index contributed by atoms with van der Waals surface area (Å²) in [5.41, 5.74) is -0.240. The summed E-state index contributed by atoms with van der Waals surface area (Å²) in [5.74, 6) is 0.623. The van der Waals surface area contributed by atoms with Gasteiger partial charge in [0.25, 0.3) is 0 Å². The van der Waals surface area contributed by atoms with Gasteiger partial charge in [-0.2, -0.15) is 0 Å². The van der Waals surface area contributed by atoms with Crippen LogP contribution in [-0.2, 0) is 0 Å². The van der Waals surface area contributed by atoms with E-state index in [9.17, 15) is 5.11 Å². The van der Waals surface area contributed by atoms with Gasteiger partial charge in [0.05, 0.1) is 5.60 Å². The van der Waals surface area contributed by atoms with Crippen LogP contribution in [0.25, 0.3) is 0 Å². The monoisotopic (exact) mass is 127 g/mol. The highest BCUT2D eigenvalue weighted by Gasteiger charge is 2.58. The molecule has 2 heteroatoms. The number of nitrogens with zero attached hydrogens (tertiary/aromatic N) is 1. The van der Waals surface area contributed by atoms with E-state index in [1.54, 1.807) is 0 Å². The van der Waals surface area contributed by atoms with Crippen LogP contribution in [0.2, 0.25) is 0 Å². The number of hydrogen-bond donors (Lipinski definition) is 1. The third-order valence-corrected chi connectivity index (χ3v) is 2.62. The zero-order chi connectivity index (χ0) is 6.48. The van der Waals surface area contributed by atoms with Gasteiger partial charge in [0, 0.05) is 19.0 Å². The minimum absolute atomic E-state index is 0.240. The Hall–Kier alpha value is -0.0800. The SMILES string of the molecule is CCN1CC2CC2(O)C1.